The van der Waals surface area contributed by atoms with E-state index >= 15 is 0 Å². The molecule has 0 atom stereocenters. The van der Waals surface area contributed by atoms with Crippen LogP contribution in [0.3, 0.4) is 0 Å². The summed E-state index contributed by atoms with van der Waals surface area (Å²) in [5.74, 6) is 2.30. The minimum Gasteiger partial charge on any atom is -0.493 e. The predicted octanol–water partition coefficient (Wildman–Crippen LogP) is 4.25. The van der Waals surface area contributed by atoms with Crippen molar-refractivity contribution in [1.82, 2.24) is 15.0 Å². The molecule has 31 heavy (non-hydrogen) atoms. The summed E-state index contributed by atoms with van der Waals surface area (Å²) in [5.41, 5.74) is 3.14. The van der Waals surface area contributed by atoms with Crippen LogP contribution in [0.25, 0.3) is 11.4 Å². The molecule has 7 nitrogen and oxygen atoms in total. The first-order valence-corrected chi connectivity index (χ1v) is 10.7. The normalized spacial score (nSPS) is 14.1. The van der Waals surface area contributed by atoms with Gasteiger partial charge in [-0.25, -0.2) is 0 Å². The fourth-order valence-corrected chi connectivity index (χ4v) is 3.59. The van der Waals surface area contributed by atoms with Crippen molar-refractivity contribution >= 4 is 0 Å². The Morgan fingerprint density at radius 1 is 1.00 bits per heavy atom. The van der Waals surface area contributed by atoms with Gasteiger partial charge in [-0.1, -0.05) is 35.0 Å². The molecule has 0 bridgehead atoms. The third-order valence-electron chi connectivity index (χ3n) is 5.37. The molecule has 4 rings (SSSR count). The molecule has 0 spiro atoms. The maximum Gasteiger partial charge on any atom is 0.252 e. The monoisotopic (exact) mass is 423 g/mol. The molecule has 7 heteroatoms. The Morgan fingerprint density at radius 2 is 1.81 bits per heavy atom. The number of ether oxygens (including phenoxy) is 3. The second-order valence-corrected chi connectivity index (χ2v) is 7.75. The Morgan fingerprint density at radius 3 is 2.58 bits per heavy atom. The van der Waals surface area contributed by atoms with Gasteiger partial charge in [0.1, 0.15) is 13.2 Å². The number of aromatic nitrogens is 2. The Bertz CT molecular complexity index is 965. The molecule has 0 radical (unpaired) electrons. The molecule has 2 heterocycles. The van der Waals surface area contributed by atoms with Crippen LogP contribution >= 0.6 is 0 Å². The topological polar surface area (TPSA) is 69.9 Å². The Balaban J connectivity index is 1.32. The van der Waals surface area contributed by atoms with Crippen LogP contribution in [0.5, 0.6) is 11.5 Å². The molecule has 0 saturated carbocycles. The largest absolute Gasteiger partial charge is 0.493 e. The van der Waals surface area contributed by atoms with Crippen molar-refractivity contribution < 1.29 is 18.7 Å². The summed E-state index contributed by atoms with van der Waals surface area (Å²) < 4.78 is 22.5. The first-order valence-electron chi connectivity index (χ1n) is 10.7. The van der Waals surface area contributed by atoms with Crippen molar-refractivity contribution in [1.29, 1.82) is 0 Å². The Hall–Kier alpha value is -2.90. The average molecular weight is 424 g/mol. The summed E-state index contributed by atoms with van der Waals surface area (Å²) in [6.45, 7) is 6.71. The molecule has 1 aromatic heterocycles. The van der Waals surface area contributed by atoms with Crippen LogP contribution in [-0.4, -0.2) is 48.4 Å². The van der Waals surface area contributed by atoms with Crippen LogP contribution in [0.15, 0.2) is 47.0 Å². The highest BCUT2D eigenvalue weighted by Gasteiger charge is 2.14. The van der Waals surface area contributed by atoms with Crippen molar-refractivity contribution in [2.24, 2.45) is 0 Å². The highest BCUT2D eigenvalue weighted by Crippen LogP contribution is 2.31. The third kappa shape index (κ3) is 5.83. The number of hydrogen-bond acceptors (Lipinski definition) is 7. The second kappa shape index (κ2) is 10.4. The first-order chi connectivity index (χ1) is 15.2. The summed E-state index contributed by atoms with van der Waals surface area (Å²) in [4.78, 5) is 6.86. The van der Waals surface area contributed by atoms with Crippen LogP contribution in [0.1, 0.15) is 29.9 Å². The maximum atomic E-state index is 5.94. The lowest BCUT2D eigenvalue weighted by atomic mass is 10.2. The molecule has 0 aliphatic carbocycles. The summed E-state index contributed by atoms with van der Waals surface area (Å²) >= 11 is 0. The van der Waals surface area contributed by atoms with Crippen LogP contribution in [0.2, 0.25) is 0 Å². The van der Waals surface area contributed by atoms with Gasteiger partial charge in [-0.15, -0.1) is 0 Å². The SMILES string of the molecule is COc1cc(-c2noc(COCc3ccc(C)cc3)n2)ccc1OCCN1CCCC1. The van der Waals surface area contributed by atoms with Gasteiger partial charge in [0.25, 0.3) is 5.89 Å². The van der Waals surface area contributed by atoms with E-state index in [4.69, 9.17) is 18.7 Å². The lowest BCUT2D eigenvalue weighted by Gasteiger charge is -2.16. The van der Waals surface area contributed by atoms with Gasteiger partial charge in [-0.05, 0) is 56.6 Å². The molecule has 3 aromatic rings. The van der Waals surface area contributed by atoms with E-state index in [0.717, 1.165) is 36.5 Å². The number of rotatable bonds is 10. The molecule has 1 aliphatic heterocycles. The van der Waals surface area contributed by atoms with Crippen molar-refractivity contribution in [3.8, 4) is 22.9 Å². The molecule has 1 saturated heterocycles. The molecular weight excluding hydrogens is 394 g/mol. The zero-order chi connectivity index (χ0) is 21.5. The number of methoxy groups -OCH3 is 1. The fraction of sp³-hybridized carbons (Fsp3) is 0.417. The molecular formula is C24H29N3O4. The molecule has 1 fully saturated rings. The summed E-state index contributed by atoms with van der Waals surface area (Å²) in [5, 5.41) is 4.07. The highest BCUT2D eigenvalue weighted by molar-refractivity contribution is 5.60. The minimum atomic E-state index is 0.260. The summed E-state index contributed by atoms with van der Waals surface area (Å²) in [7, 11) is 1.63. The van der Waals surface area contributed by atoms with E-state index in [9.17, 15) is 0 Å². The Kier molecular flexibility index (Phi) is 7.17. The molecule has 1 aliphatic rings. The number of benzene rings is 2. The van der Waals surface area contributed by atoms with Crippen LogP contribution in [0, 0.1) is 6.92 Å². The van der Waals surface area contributed by atoms with E-state index in [-0.39, 0.29) is 6.61 Å². The maximum absolute atomic E-state index is 5.94. The average Bonchev–Trinajstić information content (AvgIpc) is 3.48. The molecule has 2 aromatic carbocycles. The highest BCUT2D eigenvalue weighted by atomic mass is 16.5. The van der Waals surface area contributed by atoms with E-state index in [0.29, 0.717) is 30.7 Å². The number of aryl methyl sites for hydroxylation is 1. The molecule has 164 valence electrons. The fourth-order valence-electron chi connectivity index (χ4n) is 3.59. The van der Waals surface area contributed by atoms with Crippen molar-refractivity contribution in [2.45, 2.75) is 33.0 Å². The molecule has 0 N–H and O–H groups in total. The zero-order valence-electron chi connectivity index (χ0n) is 18.2. The number of nitrogens with zero attached hydrogens (tertiary/aromatic N) is 3. The van der Waals surface area contributed by atoms with Crippen molar-refractivity contribution in [3.63, 3.8) is 0 Å². The third-order valence-corrected chi connectivity index (χ3v) is 5.37. The van der Waals surface area contributed by atoms with Crippen molar-refractivity contribution in [3.05, 3.63) is 59.5 Å². The van der Waals surface area contributed by atoms with E-state index in [2.05, 4.69) is 46.2 Å². The van der Waals surface area contributed by atoms with Gasteiger partial charge in [-0.2, -0.15) is 4.98 Å². The first kappa shape index (κ1) is 21.3. The lowest BCUT2D eigenvalue weighted by molar-refractivity contribution is 0.0850. The lowest BCUT2D eigenvalue weighted by Crippen LogP contribution is -2.25. The van der Waals surface area contributed by atoms with E-state index in [1.54, 1.807) is 7.11 Å². The van der Waals surface area contributed by atoms with Gasteiger partial charge in [-0.3, -0.25) is 4.90 Å². The standard InChI is InChI=1S/C24H29N3O4/c1-18-5-7-19(8-6-18)16-29-17-23-25-24(26-31-23)20-9-10-21(22(15-20)28-2)30-14-13-27-11-3-4-12-27/h5-10,15H,3-4,11-14,16-17H2,1-2H3. The number of hydrogen-bond donors (Lipinski definition) is 0. The minimum absolute atomic E-state index is 0.260. The summed E-state index contributed by atoms with van der Waals surface area (Å²) in [6, 6.07) is 13.9. The van der Waals surface area contributed by atoms with Crippen LogP contribution < -0.4 is 9.47 Å². The molecule has 0 unspecified atom stereocenters. The predicted molar refractivity (Wildman–Crippen MR) is 117 cm³/mol. The van der Waals surface area contributed by atoms with E-state index in [1.807, 2.05) is 18.2 Å². The van der Waals surface area contributed by atoms with Gasteiger partial charge in [0.15, 0.2) is 11.5 Å². The molecule has 0 amide bonds. The second-order valence-electron chi connectivity index (χ2n) is 7.75. The van der Waals surface area contributed by atoms with Crippen molar-refractivity contribution in [2.75, 3.05) is 33.4 Å². The van der Waals surface area contributed by atoms with Crippen LogP contribution in [0.4, 0.5) is 0 Å². The smallest absolute Gasteiger partial charge is 0.252 e. The van der Waals surface area contributed by atoms with Gasteiger partial charge < -0.3 is 18.7 Å². The van der Waals surface area contributed by atoms with Gasteiger partial charge >= 0.3 is 0 Å². The zero-order valence-corrected chi connectivity index (χ0v) is 18.2. The van der Waals surface area contributed by atoms with Gasteiger partial charge in [0.2, 0.25) is 5.82 Å². The van der Waals surface area contributed by atoms with Gasteiger partial charge in [0, 0.05) is 12.1 Å². The number of likely N-dealkylation sites (tertiary alicyclic amines) is 1. The van der Waals surface area contributed by atoms with Gasteiger partial charge in [0.05, 0.1) is 13.7 Å². The van der Waals surface area contributed by atoms with E-state index in [1.165, 1.54) is 18.4 Å². The van der Waals surface area contributed by atoms with E-state index < -0.39 is 0 Å². The summed E-state index contributed by atoms with van der Waals surface area (Å²) in [6.07, 6.45) is 2.56. The van der Waals surface area contributed by atoms with Crippen LogP contribution in [-0.2, 0) is 18.0 Å². The Labute approximate surface area is 182 Å². The quantitative estimate of drug-likeness (QED) is 0.483.